The van der Waals surface area contributed by atoms with Gasteiger partial charge in [-0.15, -0.1) is 0 Å². The van der Waals surface area contributed by atoms with E-state index >= 15 is 0 Å². The van der Waals surface area contributed by atoms with Crippen LogP contribution in [0.2, 0.25) is 0 Å². The molecule has 4 heterocycles. The monoisotopic (exact) mass is 653 g/mol. The van der Waals surface area contributed by atoms with Crippen molar-refractivity contribution < 1.29 is 19.1 Å². The molecule has 0 aliphatic carbocycles. The molecule has 2 saturated heterocycles. The standard InChI is InChI=1S/C35H43N9O4/c1-5-33(45)42-16-18-43(19-17-42)34(46)24-44-23-32(37-26-20-28(47-3)22-29(21-26)48-4)38-30-10-11-31(39-35(30)44)36-25-6-8-27(9-7-25)41-14-12-40(2)13-15-41/h5-11,20-22H,1,12-19,23-24H2,2-4H3,(H,36,39)(H,37,38). The number of carbonyl (C=O) groups excluding carboxylic acids is 2. The zero-order valence-electron chi connectivity index (χ0n) is 27.8. The minimum Gasteiger partial charge on any atom is -0.497 e. The van der Waals surface area contributed by atoms with E-state index in [0.29, 0.717) is 67.4 Å². The number of fused-ring (bicyclic) bond motifs is 1. The molecule has 13 nitrogen and oxygen atoms in total. The normalized spacial score (nSPS) is 16.5. The van der Waals surface area contributed by atoms with Crippen molar-refractivity contribution in [1.29, 1.82) is 0 Å². The Labute approximate surface area is 281 Å². The summed E-state index contributed by atoms with van der Waals surface area (Å²) in [4.78, 5) is 45.7. The predicted molar refractivity (Wildman–Crippen MR) is 190 cm³/mol. The zero-order valence-corrected chi connectivity index (χ0v) is 27.8. The molecule has 0 radical (unpaired) electrons. The van der Waals surface area contributed by atoms with E-state index in [4.69, 9.17) is 19.5 Å². The van der Waals surface area contributed by atoms with Crippen LogP contribution in [0, 0.1) is 0 Å². The molecule has 48 heavy (non-hydrogen) atoms. The van der Waals surface area contributed by atoms with Crippen molar-refractivity contribution in [3.05, 3.63) is 67.3 Å². The molecule has 2 amide bonds. The quantitative estimate of drug-likeness (QED) is 0.333. The van der Waals surface area contributed by atoms with Gasteiger partial charge in [-0.05, 0) is 49.5 Å². The number of pyridine rings is 1. The van der Waals surface area contributed by atoms with E-state index in [9.17, 15) is 9.59 Å². The van der Waals surface area contributed by atoms with Gasteiger partial charge in [0.25, 0.3) is 0 Å². The van der Waals surface area contributed by atoms with Gasteiger partial charge in [0.15, 0.2) is 5.82 Å². The molecule has 0 saturated carbocycles. The van der Waals surface area contributed by atoms with Gasteiger partial charge >= 0.3 is 0 Å². The number of hydrogen-bond acceptors (Lipinski definition) is 11. The lowest BCUT2D eigenvalue weighted by Crippen LogP contribution is -2.53. The third-order valence-corrected chi connectivity index (χ3v) is 8.84. The van der Waals surface area contributed by atoms with Crippen LogP contribution in [0.4, 0.5) is 34.4 Å². The molecule has 3 aromatic rings. The Morgan fingerprint density at radius 1 is 0.833 bits per heavy atom. The van der Waals surface area contributed by atoms with Gasteiger partial charge in [0.05, 0.1) is 27.3 Å². The lowest BCUT2D eigenvalue weighted by atomic mass is 10.2. The van der Waals surface area contributed by atoms with Gasteiger partial charge in [-0.3, -0.25) is 9.59 Å². The van der Waals surface area contributed by atoms with Crippen molar-refractivity contribution in [3.8, 4) is 11.5 Å². The number of nitrogens with zero attached hydrogens (tertiary/aromatic N) is 7. The largest absolute Gasteiger partial charge is 0.497 e. The molecule has 13 heteroatoms. The molecule has 3 aliphatic rings. The second kappa shape index (κ2) is 14.6. The highest BCUT2D eigenvalue weighted by Gasteiger charge is 2.28. The molecule has 6 rings (SSSR count). The number of hydrogen-bond donors (Lipinski definition) is 2. The Hall–Kier alpha value is -5.30. The van der Waals surface area contributed by atoms with Crippen LogP contribution in [-0.2, 0) is 9.59 Å². The maximum absolute atomic E-state index is 13.6. The number of carbonyl (C=O) groups is 2. The van der Waals surface area contributed by atoms with Crippen LogP contribution in [0.25, 0.3) is 0 Å². The molecule has 3 aliphatic heterocycles. The molecule has 2 fully saturated rings. The summed E-state index contributed by atoms with van der Waals surface area (Å²) >= 11 is 0. The van der Waals surface area contributed by atoms with Crippen LogP contribution < -0.4 is 29.9 Å². The Morgan fingerprint density at radius 3 is 2.15 bits per heavy atom. The van der Waals surface area contributed by atoms with E-state index in [-0.39, 0.29) is 18.4 Å². The fourth-order valence-electron chi connectivity index (χ4n) is 6.05. The van der Waals surface area contributed by atoms with Crippen LogP contribution in [0.15, 0.2) is 72.2 Å². The highest BCUT2D eigenvalue weighted by Crippen LogP contribution is 2.34. The Bertz CT molecular complexity index is 1640. The molecular formula is C35H43N9O4. The number of methoxy groups -OCH3 is 2. The summed E-state index contributed by atoms with van der Waals surface area (Å²) in [7, 11) is 5.36. The SMILES string of the molecule is C=CC(=O)N1CCN(C(=O)CN2CC(Nc3cc(OC)cc(OC)c3)=Nc3ccc(Nc4ccc(N5CCN(C)CC5)cc4)nc32)CC1. The number of rotatable bonds is 9. The van der Waals surface area contributed by atoms with Crippen molar-refractivity contribution >= 4 is 52.0 Å². The van der Waals surface area contributed by atoms with E-state index in [0.717, 1.165) is 37.6 Å². The lowest BCUT2D eigenvalue weighted by Gasteiger charge is -2.36. The third-order valence-electron chi connectivity index (χ3n) is 8.84. The number of anilines is 5. The summed E-state index contributed by atoms with van der Waals surface area (Å²) < 4.78 is 10.9. The molecule has 2 aromatic carbocycles. The number of likely N-dealkylation sites (N-methyl/N-ethyl adjacent to an activating group) is 1. The number of piperazine rings is 2. The molecule has 0 spiro atoms. The number of amides is 2. The summed E-state index contributed by atoms with van der Waals surface area (Å²) in [6.07, 6.45) is 1.31. The zero-order chi connectivity index (χ0) is 33.6. The summed E-state index contributed by atoms with van der Waals surface area (Å²) in [5.41, 5.74) is 3.51. The number of benzene rings is 2. The predicted octanol–water partition coefficient (Wildman–Crippen LogP) is 3.41. The highest BCUT2D eigenvalue weighted by atomic mass is 16.5. The smallest absolute Gasteiger partial charge is 0.246 e. The Kier molecular flexibility index (Phi) is 9.95. The third kappa shape index (κ3) is 7.63. The van der Waals surface area contributed by atoms with Gasteiger partial charge in [-0.2, -0.15) is 0 Å². The fraction of sp³-hybridized carbons (Fsp3) is 0.371. The minimum absolute atomic E-state index is 0.0457. The van der Waals surface area contributed by atoms with Crippen LogP contribution >= 0.6 is 0 Å². The molecule has 0 unspecified atom stereocenters. The summed E-state index contributed by atoms with van der Waals surface area (Å²) in [6, 6.07) is 17.7. The molecule has 1 aromatic heterocycles. The Morgan fingerprint density at radius 2 is 1.50 bits per heavy atom. The number of ether oxygens (including phenoxy) is 2. The topological polar surface area (TPSA) is 118 Å². The second-order valence-electron chi connectivity index (χ2n) is 12.1. The van der Waals surface area contributed by atoms with Crippen molar-refractivity contribution in [2.24, 2.45) is 4.99 Å². The average molecular weight is 654 g/mol. The van der Waals surface area contributed by atoms with Crippen molar-refractivity contribution in [2.45, 2.75) is 0 Å². The first kappa shape index (κ1) is 32.6. The number of aliphatic imine (C=N–C) groups is 1. The van der Waals surface area contributed by atoms with Crippen LogP contribution in [0.5, 0.6) is 11.5 Å². The van der Waals surface area contributed by atoms with E-state index in [1.165, 1.54) is 11.8 Å². The summed E-state index contributed by atoms with van der Waals surface area (Å²) in [5, 5.41) is 6.82. The highest BCUT2D eigenvalue weighted by molar-refractivity contribution is 6.04. The molecule has 0 atom stereocenters. The van der Waals surface area contributed by atoms with Crippen LogP contribution in [0.3, 0.4) is 0 Å². The maximum Gasteiger partial charge on any atom is 0.246 e. The number of aromatic nitrogens is 1. The molecular weight excluding hydrogens is 610 g/mol. The van der Waals surface area contributed by atoms with Crippen molar-refractivity contribution in [3.63, 3.8) is 0 Å². The number of amidine groups is 1. The lowest BCUT2D eigenvalue weighted by molar-refractivity contribution is -0.136. The van der Waals surface area contributed by atoms with Gasteiger partial charge in [-0.25, -0.2) is 9.98 Å². The fourth-order valence-corrected chi connectivity index (χ4v) is 6.05. The van der Waals surface area contributed by atoms with E-state index in [2.05, 4.69) is 58.3 Å². The maximum atomic E-state index is 13.6. The van der Waals surface area contributed by atoms with Gasteiger partial charge in [-0.1, -0.05) is 6.58 Å². The number of nitrogens with one attached hydrogen (secondary N) is 2. The summed E-state index contributed by atoms with van der Waals surface area (Å²) in [6.45, 7) is 9.98. The van der Waals surface area contributed by atoms with E-state index in [1.807, 2.05) is 29.2 Å². The van der Waals surface area contributed by atoms with E-state index < -0.39 is 0 Å². The van der Waals surface area contributed by atoms with Crippen molar-refractivity contribution in [1.82, 2.24) is 19.7 Å². The first-order valence-corrected chi connectivity index (χ1v) is 16.1. The summed E-state index contributed by atoms with van der Waals surface area (Å²) in [5.74, 6) is 3.03. The van der Waals surface area contributed by atoms with Gasteiger partial charge in [0.2, 0.25) is 11.8 Å². The second-order valence-corrected chi connectivity index (χ2v) is 12.1. The van der Waals surface area contributed by atoms with Crippen molar-refractivity contribution in [2.75, 3.05) is 107 Å². The van der Waals surface area contributed by atoms with Crippen LogP contribution in [0.1, 0.15) is 0 Å². The van der Waals surface area contributed by atoms with Crippen LogP contribution in [-0.4, -0.2) is 124 Å². The Balaban J connectivity index is 1.21. The van der Waals surface area contributed by atoms with E-state index in [1.54, 1.807) is 30.1 Å². The molecule has 252 valence electrons. The van der Waals surface area contributed by atoms with Gasteiger partial charge in [0.1, 0.15) is 28.8 Å². The van der Waals surface area contributed by atoms with Gasteiger partial charge in [0, 0.05) is 87.6 Å². The minimum atomic E-state index is -0.119. The first-order valence-electron chi connectivity index (χ1n) is 16.1. The average Bonchev–Trinajstić information content (AvgIpc) is 3.12. The molecule has 0 bridgehead atoms. The first-order chi connectivity index (χ1) is 23.3. The van der Waals surface area contributed by atoms with Gasteiger partial charge < -0.3 is 44.6 Å². The molecule has 2 N–H and O–H groups in total.